The van der Waals surface area contributed by atoms with E-state index in [0.717, 1.165) is 5.56 Å². The number of carbonyl (C=O) groups is 1. The van der Waals surface area contributed by atoms with E-state index in [1.807, 2.05) is 76.2 Å². The number of benzene rings is 2. The molecule has 2 aromatic carbocycles. The Morgan fingerprint density at radius 2 is 1.77 bits per heavy atom. The molecular formula is C24H28ClN3O2. The molecule has 0 saturated carbocycles. The van der Waals surface area contributed by atoms with Crippen molar-refractivity contribution in [3.05, 3.63) is 76.3 Å². The standard InChI is InChI=1S/C24H28ClN3O2/c1-5-27(23(30)24(3,4)16-25)17(2)21-26-20-14-10-9-13-19(20)22(29)28(21)15-18-11-7-6-8-12-18/h6-14,17H,5,15-16H2,1-4H3. The topological polar surface area (TPSA) is 55.2 Å². The van der Waals surface area contributed by atoms with Crippen LogP contribution < -0.4 is 5.56 Å². The molecule has 1 aromatic heterocycles. The Morgan fingerprint density at radius 1 is 1.13 bits per heavy atom. The molecule has 0 N–H and O–H groups in total. The minimum absolute atomic E-state index is 0.0545. The van der Waals surface area contributed by atoms with Gasteiger partial charge >= 0.3 is 0 Å². The third kappa shape index (κ3) is 4.26. The average Bonchev–Trinajstić information content (AvgIpc) is 2.76. The Morgan fingerprint density at radius 3 is 2.40 bits per heavy atom. The molecule has 0 spiro atoms. The van der Waals surface area contributed by atoms with E-state index in [-0.39, 0.29) is 23.4 Å². The second kappa shape index (κ2) is 9.00. The van der Waals surface area contributed by atoms with Gasteiger partial charge in [-0.3, -0.25) is 14.2 Å². The Labute approximate surface area is 182 Å². The minimum atomic E-state index is -0.701. The maximum atomic E-state index is 13.4. The van der Waals surface area contributed by atoms with Crippen LogP contribution in [0.15, 0.2) is 59.4 Å². The summed E-state index contributed by atoms with van der Waals surface area (Å²) >= 11 is 6.06. The van der Waals surface area contributed by atoms with Gasteiger partial charge in [0.05, 0.1) is 28.9 Å². The van der Waals surface area contributed by atoms with Gasteiger partial charge in [0, 0.05) is 12.4 Å². The summed E-state index contributed by atoms with van der Waals surface area (Å²) in [4.78, 5) is 33.2. The molecule has 0 aliphatic heterocycles. The number of alkyl halides is 1. The van der Waals surface area contributed by atoms with Gasteiger partial charge in [0.1, 0.15) is 5.82 Å². The number of aromatic nitrogens is 2. The van der Waals surface area contributed by atoms with Crippen molar-refractivity contribution in [3.63, 3.8) is 0 Å². The highest BCUT2D eigenvalue weighted by atomic mass is 35.5. The predicted octanol–water partition coefficient (Wildman–Crippen LogP) is 4.62. The highest BCUT2D eigenvalue weighted by Gasteiger charge is 2.34. The Balaban J connectivity index is 2.16. The van der Waals surface area contributed by atoms with Gasteiger partial charge in [-0.15, -0.1) is 11.6 Å². The second-order valence-corrected chi connectivity index (χ2v) is 8.42. The van der Waals surface area contributed by atoms with E-state index in [2.05, 4.69) is 0 Å². The van der Waals surface area contributed by atoms with Crippen molar-refractivity contribution in [1.82, 2.24) is 14.5 Å². The third-order valence-electron chi connectivity index (χ3n) is 5.43. The lowest BCUT2D eigenvalue weighted by atomic mass is 9.93. The Kier molecular flexibility index (Phi) is 6.61. The van der Waals surface area contributed by atoms with Crippen LogP contribution in [-0.2, 0) is 11.3 Å². The van der Waals surface area contributed by atoms with E-state index in [0.29, 0.717) is 29.8 Å². The highest BCUT2D eigenvalue weighted by Crippen LogP contribution is 2.27. The van der Waals surface area contributed by atoms with Gasteiger partial charge in [-0.25, -0.2) is 4.98 Å². The molecule has 0 aliphatic rings. The Bertz CT molecular complexity index is 1090. The summed E-state index contributed by atoms with van der Waals surface area (Å²) in [6, 6.07) is 16.7. The summed E-state index contributed by atoms with van der Waals surface area (Å²) in [6.07, 6.45) is 0. The number of fused-ring (bicyclic) bond motifs is 1. The van der Waals surface area contributed by atoms with Gasteiger partial charge in [-0.1, -0.05) is 42.5 Å². The van der Waals surface area contributed by atoms with E-state index in [1.165, 1.54) is 0 Å². The van der Waals surface area contributed by atoms with Crippen LogP contribution in [0.5, 0.6) is 0 Å². The number of halogens is 1. The molecule has 1 atom stereocenters. The molecule has 0 saturated heterocycles. The first-order valence-electron chi connectivity index (χ1n) is 10.2. The first kappa shape index (κ1) is 22.0. The van der Waals surface area contributed by atoms with Crippen LogP contribution in [0, 0.1) is 5.41 Å². The van der Waals surface area contributed by atoms with Crippen LogP contribution in [0.4, 0.5) is 0 Å². The summed E-state index contributed by atoms with van der Waals surface area (Å²) in [7, 11) is 0. The van der Waals surface area contributed by atoms with Gasteiger partial charge in [0.2, 0.25) is 5.91 Å². The van der Waals surface area contributed by atoms with Crippen LogP contribution in [0.25, 0.3) is 10.9 Å². The summed E-state index contributed by atoms with van der Waals surface area (Å²) < 4.78 is 1.69. The summed E-state index contributed by atoms with van der Waals surface area (Å²) in [5, 5.41) is 0.569. The second-order valence-electron chi connectivity index (χ2n) is 8.15. The van der Waals surface area contributed by atoms with E-state index >= 15 is 0 Å². The van der Waals surface area contributed by atoms with E-state index in [1.54, 1.807) is 15.5 Å². The summed E-state index contributed by atoms with van der Waals surface area (Å²) in [5.74, 6) is 0.737. The van der Waals surface area contributed by atoms with E-state index < -0.39 is 5.41 Å². The zero-order valence-electron chi connectivity index (χ0n) is 17.9. The number of hydrogen-bond acceptors (Lipinski definition) is 3. The largest absolute Gasteiger partial charge is 0.333 e. The van der Waals surface area contributed by atoms with Crippen LogP contribution in [0.2, 0.25) is 0 Å². The van der Waals surface area contributed by atoms with Crippen molar-refractivity contribution in [3.8, 4) is 0 Å². The number of hydrogen-bond donors (Lipinski definition) is 0. The molecule has 3 aromatic rings. The molecule has 6 heteroatoms. The molecule has 0 aliphatic carbocycles. The van der Waals surface area contributed by atoms with Crippen LogP contribution in [0.3, 0.4) is 0 Å². The lowest BCUT2D eigenvalue weighted by Crippen LogP contribution is -2.44. The van der Waals surface area contributed by atoms with Crippen molar-refractivity contribution >= 4 is 28.4 Å². The van der Waals surface area contributed by atoms with Crippen LogP contribution >= 0.6 is 11.6 Å². The van der Waals surface area contributed by atoms with Crippen molar-refractivity contribution in [2.24, 2.45) is 5.41 Å². The lowest BCUT2D eigenvalue weighted by Gasteiger charge is -2.35. The number of amides is 1. The van der Waals surface area contributed by atoms with Crippen molar-refractivity contribution in [2.45, 2.75) is 40.3 Å². The van der Waals surface area contributed by atoms with Crippen molar-refractivity contribution in [2.75, 3.05) is 12.4 Å². The fourth-order valence-corrected chi connectivity index (χ4v) is 3.72. The number of carbonyl (C=O) groups excluding carboxylic acids is 1. The van der Waals surface area contributed by atoms with Gasteiger partial charge < -0.3 is 4.90 Å². The Hall–Kier alpha value is -2.66. The molecule has 1 heterocycles. The molecular weight excluding hydrogens is 398 g/mol. The van der Waals surface area contributed by atoms with Crippen LogP contribution in [-0.4, -0.2) is 32.8 Å². The first-order valence-corrected chi connectivity index (χ1v) is 10.7. The zero-order valence-corrected chi connectivity index (χ0v) is 18.7. The summed E-state index contributed by atoms with van der Waals surface area (Å²) in [6.45, 7) is 8.41. The average molecular weight is 426 g/mol. The number of rotatable bonds is 7. The smallest absolute Gasteiger partial charge is 0.261 e. The third-order valence-corrected chi connectivity index (χ3v) is 6.10. The fraction of sp³-hybridized carbons (Fsp3) is 0.375. The normalized spacial score (nSPS) is 12.7. The number of nitrogens with zero attached hydrogens (tertiary/aromatic N) is 3. The molecule has 158 valence electrons. The molecule has 30 heavy (non-hydrogen) atoms. The molecule has 1 unspecified atom stereocenters. The van der Waals surface area contributed by atoms with Crippen molar-refractivity contribution < 1.29 is 4.79 Å². The minimum Gasteiger partial charge on any atom is -0.333 e. The maximum Gasteiger partial charge on any atom is 0.261 e. The SMILES string of the molecule is CCN(C(=O)C(C)(C)CCl)C(C)c1nc2ccccc2c(=O)n1Cc1ccccc1. The highest BCUT2D eigenvalue weighted by molar-refractivity contribution is 6.19. The quantitative estimate of drug-likeness (QED) is 0.519. The van der Waals surface area contributed by atoms with E-state index in [4.69, 9.17) is 16.6 Å². The van der Waals surface area contributed by atoms with Crippen molar-refractivity contribution in [1.29, 1.82) is 0 Å². The first-order chi connectivity index (χ1) is 14.3. The molecule has 0 bridgehead atoms. The maximum absolute atomic E-state index is 13.4. The summed E-state index contributed by atoms with van der Waals surface area (Å²) in [5.41, 5.74) is 0.827. The predicted molar refractivity (Wildman–Crippen MR) is 122 cm³/mol. The van der Waals surface area contributed by atoms with E-state index in [9.17, 15) is 9.59 Å². The number of para-hydroxylation sites is 1. The fourth-order valence-electron chi connectivity index (χ4n) is 3.60. The van der Waals surface area contributed by atoms with Gasteiger partial charge in [0.15, 0.2) is 0 Å². The van der Waals surface area contributed by atoms with Gasteiger partial charge in [0.25, 0.3) is 5.56 Å². The lowest BCUT2D eigenvalue weighted by molar-refractivity contribution is -0.141. The van der Waals surface area contributed by atoms with Gasteiger partial charge in [-0.05, 0) is 45.4 Å². The van der Waals surface area contributed by atoms with Crippen LogP contribution in [0.1, 0.15) is 45.1 Å². The molecule has 0 fully saturated rings. The monoisotopic (exact) mass is 425 g/mol. The molecule has 1 amide bonds. The van der Waals surface area contributed by atoms with Gasteiger partial charge in [-0.2, -0.15) is 0 Å². The molecule has 5 nitrogen and oxygen atoms in total. The molecule has 0 radical (unpaired) electrons. The zero-order chi connectivity index (χ0) is 21.9. The molecule has 3 rings (SSSR count).